The molecule has 1 amide bonds. The summed E-state index contributed by atoms with van der Waals surface area (Å²) in [6, 6.07) is 25.0. The molecule has 0 aliphatic carbocycles. The summed E-state index contributed by atoms with van der Waals surface area (Å²) < 4.78 is 17.0. The number of methoxy groups -OCH3 is 1. The highest BCUT2D eigenvalue weighted by atomic mass is 16.5. The molecule has 1 saturated heterocycles. The first-order valence-corrected chi connectivity index (χ1v) is 13.4. The number of ether oxygens (including phenoxy) is 2. The number of hydrogen-bond acceptors (Lipinski definition) is 6. The molecule has 1 fully saturated rings. The molecule has 0 saturated carbocycles. The molecule has 0 spiro atoms. The van der Waals surface area contributed by atoms with Crippen LogP contribution < -0.4 is 9.47 Å². The molecule has 1 unspecified atom stereocenters. The van der Waals surface area contributed by atoms with Gasteiger partial charge in [-0.25, -0.2) is 0 Å². The van der Waals surface area contributed by atoms with Crippen LogP contribution in [0, 0.1) is 0 Å². The monoisotopic (exact) mass is 551 g/mol. The Labute approximate surface area is 239 Å². The van der Waals surface area contributed by atoms with E-state index in [2.05, 4.69) is 0 Å². The Hall–Kier alpha value is -4.78. The van der Waals surface area contributed by atoms with Gasteiger partial charge in [0.1, 0.15) is 29.6 Å². The van der Waals surface area contributed by atoms with Crippen molar-refractivity contribution in [3.05, 3.63) is 125 Å². The Morgan fingerprint density at radius 1 is 0.951 bits per heavy atom. The van der Waals surface area contributed by atoms with Gasteiger partial charge < -0.3 is 23.9 Å². The lowest BCUT2D eigenvalue weighted by Gasteiger charge is -2.25. The van der Waals surface area contributed by atoms with E-state index < -0.39 is 17.7 Å². The van der Waals surface area contributed by atoms with Crippen LogP contribution in [0.5, 0.6) is 11.5 Å². The van der Waals surface area contributed by atoms with Crippen molar-refractivity contribution in [2.24, 2.45) is 0 Å². The van der Waals surface area contributed by atoms with Crippen molar-refractivity contribution < 1.29 is 28.6 Å². The SMILES string of the molecule is COc1ccc(/C(O)=C2/C(=O)C(=O)N(Cc3ccco3)C2c2ccc(OCc3ccccc3)cc2)cc1C(C)(C)C. The zero-order valence-corrected chi connectivity index (χ0v) is 23.6. The Balaban J connectivity index is 1.55. The van der Waals surface area contributed by atoms with E-state index in [4.69, 9.17) is 13.9 Å². The highest BCUT2D eigenvalue weighted by Gasteiger charge is 2.46. The largest absolute Gasteiger partial charge is 0.507 e. The van der Waals surface area contributed by atoms with Gasteiger partial charge in [-0.2, -0.15) is 0 Å². The molecule has 1 aliphatic heterocycles. The van der Waals surface area contributed by atoms with Crippen molar-refractivity contribution in [2.75, 3.05) is 7.11 Å². The van der Waals surface area contributed by atoms with Gasteiger partial charge in [0.25, 0.3) is 11.7 Å². The third-order valence-electron chi connectivity index (χ3n) is 7.17. The van der Waals surface area contributed by atoms with E-state index in [9.17, 15) is 14.7 Å². The summed E-state index contributed by atoms with van der Waals surface area (Å²) >= 11 is 0. The fraction of sp³-hybridized carbons (Fsp3) is 0.235. The lowest BCUT2D eigenvalue weighted by atomic mass is 9.84. The Morgan fingerprint density at radius 3 is 2.32 bits per heavy atom. The van der Waals surface area contributed by atoms with Crippen molar-refractivity contribution in [3.8, 4) is 11.5 Å². The first-order chi connectivity index (χ1) is 19.7. The van der Waals surface area contributed by atoms with Gasteiger partial charge >= 0.3 is 0 Å². The lowest BCUT2D eigenvalue weighted by Crippen LogP contribution is -2.29. The van der Waals surface area contributed by atoms with Gasteiger partial charge in [-0.05, 0) is 59.0 Å². The molecular formula is C34H33NO6. The Morgan fingerprint density at radius 2 is 1.68 bits per heavy atom. The molecule has 3 aromatic carbocycles. The van der Waals surface area contributed by atoms with E-state index in [1.807, 2.05) is 69.3 Å². The van der Waals surface area contributed by atoms with Crippen molar-refractivity contribution in [2.45, 2.75) is 45.4 Å². The number of likely N-dealkylation sites (tertiary alicyclic amines) is 1. The molecule has 7 heteroatoms. The van der Waals surface area contributed by atoms with Gasteiger partial charge in [-0.1, -0.05) is 63.2 Å². The van der Waals surface area contributed by atoms with Crippen LogP contribution in [0.25, 0.3) is 5.76 Å². The maximum absolute atomic E-state index is 13.5. The first-order valence-electron chi connectivity index (χ1n) is 13.4. The summed E-state index contributed by atoms with van der Waals surface area (Å²) in [6.45, 7) is 6.60. The number of carbonyl (C=O) groups is 2. The number of furan rings is 1. The second-order valence-corrected chi connectivity index (χ2v) is 11.0. The predicted molar refractivity (Wildman–Crippen MR) is 155 cm³/mol. The van der Waals surface area contributed by atoms with Crippen molar-refractivity contribution >= 4 is 17.4 Å². The third kappa shape index (κ3) is 5.75. The molecule has 7 nitrogen and oxygen atoms in total. The molecule has 1 aliphatic rings. The molecule has 5 rings (SSSR count). The van der Waals surface area contributed by atoms with Crippen molar-refractivity contribution in [1.29, 1.82) is 0 Å². The number of benzene rings is 3. The summed E-state index contributed by atoms with van der Waals surface area (Å²) in [5.41, 5.74) is 2.73. The van der Waals surface area contributed by atoms with Crippen LogP contribution in [0.3, 0.4) is 0 Å². The fourth-order valence-corrected chi connectivity index (χ4v) is 5.04. The van der Waals surface area contributed by atoms with Crippen LogP contribution in [0.4, 0.5) is 0 Å². The summed E-state index contributed by atoms with van der Waals surface area (Å²) in [5, 5.41) is 11.6. The van der Waals surface area contributed by atoms with Gasteiger partial charge in [-0.3, -0.25) is 9.59 Å². The smallest absolute Gasteiger partial charge is 0.296 e. The van der Waals surface area contributed by atoms with Crippen molar-refractivity contribution in [1.82, 2.24) is 4.90 Å². The van der Waals surface area contributed by atoms with Gasteiger partial charge in [0.05, 0.1) is 31.5 Å². The van der Waals surface area contributed by atoms with E-state index in [1.165, 1.54) is 11.2 Å². The highest BCUT2D eigenvalue weighted by Crippen LogP contribution is 2.42. The molecule has 1 atom stereocenters. The second-order valence-electron chi connectivity index (χ2n) is 11.0. The molecule has 210 valence electrons. The summed E-state index contributed by atoms with van der Waals surface area (Å²) in [7, 11) is 1.59. The van der Waals surface area contributed by atoms with Gasteiger partial charge in [0.15, 0.2) is 0 Å². The number of amides is 1. The van der Waals surface area contributed by atoms with Crippen LogP contribution >= 0.6 is 0 Å². The number of Topliss-reactive ketones (excluding diaryl/α,β-unsaturated/α-hetero) is 1. The van der Waals surface area contributed by atoms with E-state index in [0.717, 1.165) is 11.1 Å². The average Bonchev–Trinajstić information content (AvgIpc) is 3.58. The molecule has 2 heterocycles. The fourth-order valence-electron chi connectivity index (χ4n) is 5.04. The molecule has 1 aromatic heterocycles. The van der Waals surface area contributed by atoms with Crippen molar-refractivity contribution in [3.63, 3.8) is 0 Å². The Bertz CT molecular complexity index is 1560. The molecule has 1 N–H and O–H groups in total. The van der Waals surface area contributed by atoms with E-state index >= 15 is 0 Å². The summed E-state index contributed by atoms with van der Waals surface area (Å²) in [6.07, 6.45) is 1.52. The van der Waals surface area contributed by atoms with Gasteiger partial charge in [-0.15, -0.1) is 0 Å². The van der Waals surface area contributed by atoms with Gasteiger partial charge in [0, 0.05) is 11.1 Å². The number of ketones is 1. The maximum atomic E-state index is 13.5. The number of rotatable bonds is 8. The molecule has 0 radical (unpaired) electrons. The average molecular weight is 552 g/mol. The predicted octanol–water partition coefficient (Wildman–Crippen LogP) is 6.79. The highest BCUT2D eigenvalue weighted by molar-refractivity contribution is 6.46. The first kappa shape index (κ1) is 27.8. The number of hydrogen-bond donors (Lipinski definition) is 1. The lowest BCUT2D eigenvalue weighted by molar-refractivity contribution is -0.140. The normalized spacial score (nSPS) is 16.7. The minimum Gasteiger partial charge on any atom is -0.507 e. The molecular weight excluding hydrogens is 518 g/mol. The van der Waals surface area contributed by atoms with Gasteiger partial charge in [0.2, 0.25) is 0 Å². The van der Waals surface area contributed by atoms with Crippen LogP contribution in [0.2, 0.25) is 0 Å². The van der Waals surface area contributed by atoms with Crippen LogP contribution in [-0.4, -0.2) is 28.8 Å². The zero-order chi connectivity index (χ0) is 29.1. The summed E-state index contributed by atoms with van der Waals surface area (Å²) in [5.74, 6) is 0.144. The zero-order valence-electron chi connectivity index (χ0n) is 23.6. The van der Waals surface area contributed by atoms with E-state index in [0.29, 0.717) is 35.0 Å². The van der Waals surface area contributed by atoms with Crippen LogP contribution in [0.1, 0.15) is 54.8 Å². The standard InChI is InChI=1S/C34H33NO6/c1-34(2,3)27-19-24(14-17-28(27)39-4)31(36)29-30(35(33(38)32(29)37)20-26-11-8-18-40-26)23-12-15-25(16-13-23)41-21-22-9-6-5-7-10-22/h5-19,30,36H,20-21H2,1-4H3/b31-29-. The number of aliphatic hydroxyl groups is 1. The summed E-state index contributed by atoms with van der Waals surface area (Å²) in [4.78, 5) is 28.3. The van der Waals surface area contributed by atoms with Crippen LogP contribution in [-0.2, 0) is 28.2 Å². The van der Waals surface area contributed by atoms with E-state index in [1.54, 1.807) is 43.5 Å². The molecule has 4 aromatic rings. The van der Waals surface area contributed by atoms with Crippen LogP contribution in [0.15, 0.2) is 101 Å². The topological polar surface area (TPSA) is 89.2 Å². The Kier molecular flexibility index (Phi) is 7.70. The number of aliphatic hydroxyl groups excluding tert-OH is 1. The second kappa shape index (κ2) is 11.4. The minimum absolute atomic E-state index is 0.0181. The number of carbonyl (C=O) groups excluding carboxylic acids is 2. The number of nitrogens with zero attached hydrogens (tertiary/aromatic N) is 1. The third-order valence-corrected chi connectivity index (χ3v) is 7.17. The van der Waals surface area contributed by atoms with E-state index in [-0.39, 0.29) is 23.3 Å². The quantitative estimate of drug-likeness (QED) is 0.147. The molecule has 41 heavy (non-hydrogen) atoms. The minimum atomic E-state index is -0.830. The molecule has 0 bridgehead atoms. The maximum Gasteiger partial charge on any atom is 0.296 e.